The van der Waals surface area contributed by atoms with Crippen LogP contribution in [-0.2, 0) is 19.1 Å². The molecule has 1 aliphatic heterocycles. The molecule has 0 N–H and O–H groups in total. The lowest BCUT2D eigenvalue weighted by atomic mass is 9.95. The topological polar surface area (TPSA) is 52.6 Å². The number of rotatable bonds is 8. The molecule has 1 aliphatic rings. The average molecular weight is 284 g/mol. The molecule has 0 bridgehead atoms. The highest BCUT2D eigenvalue weighted by Crippen LogP contribution is 2.29. The fraction of sp³-hybridized carbons (Fsp3) is 0.875. The number of carbonyl (C=O) groups is 2. The van der Waals surface area contributed by atoms with Crippen molar-refractivity contribution in [2.45, 2.75) is 78.4 Å². The normalized spacial score (nSPS) is 25.9. The Balaban J connectivity index is 2.51. The molecule has 1 saturated heterocycles. The van der Waals surface area contributed by atoms with Gasteiger partial charge in [0.05, 0.1) is 5.92 Å². The van der Waals surface area contributed by atoms with Crippen LogP contribution in [0.3, 0.4) is 0 Å². The first kappa shape index (κ1) is 17.0. The van der Waals surface area contributed by atoms with E-state index in [1.807, 2.05) is 13.8 Å². The molecule has 0 aromatic heterocycles. The second kappa shape index (κ2) is 8.28. The first-order valence-electron chi connectivity index (χ1n) is 7.85. The fourth-order valence-corrected chi connectivity index (χ4v) is 2.58. The van der Waals surface area contributed by atoms with Crippen LogP contribution in [0.25, 0.3) is 0 Å². The second-order valence-corrected chi connectivity index (χ2v) is 6.15. The van der Waals surface area contributed by atoms with Gasteiger partial charge in [-0.3, -0.25) is 9.59 Å². The molecule has 0 spiro atoms. The van der Waals surface area contributed by atoms with Crippen molar-refractivity contribution in [3.05, 3.63) is 0 Å². The van der Waals surface area contributed by atoms with E-state index in [-0.39, 0.29) is 29.9 Å². The van der Waals surface area contributed by atoms with Gasteiger partial charge < -0.3 is 9.47 Å². The summed E-state index contributed by atoms with van der Waals surface area (Å²) in [5.41, 5.74) is 0. The van der Waals surface area contributed by atoms with Crippen molar-refractivity contribution in [1.82, 2.24) is 0 Å². The zero-order valence-electron chi connectivity index (χ0n) is 13.2. The molecule has 1 heterocycles. The van der Waals surface area contributed by atoms with Gasteiger partial charge in [-0.1, -0.05) is 46.5 Å². The Morgan fingerprint density at radius 3 is 2.60 bits per heavy atom. The molecular weight excluding hydrogens is 256 g/mol. The highest BCUT2D eigenvalue weighted by atomic mass is 16.6. The predicted octanol–water partition coefficient (Wildman–Crippen LogP) is 3.48. The Hall–Kier alpha value is -1.06. The van der Waals surface area contributed by atoms with Crippen LogP contribution in [0.4, 0.5) is 0 Å². The van der Waals surface area contributed by atoms with E-state index in [9.17, 15) is 9.59 Å². The smallest absolute Gasteiger partial charge is 0.313 e. The number of cyclic esters (lactones) is 1. The molecule has 116 valence electrons. The molecule has 0 aromatic carbocycles. The number of esters is 2. The van der Waals surface area contributed by atoms with E-state index in [2.05, 4.69) is 6.92 Å². The van der Waals surface area contributed by atoms with Crippen molar-refractivity contribution in [3.63, 3.8) is 0 Å². The third-order valence-electron chi connectivity index (χ3n) is 3.68. The van der Waals surface area contributed by atoms with Gasteiger partial charge in [-0.15, -0.1) is 0 Å². The second-order valence-electron chi connectivity index (χ2n) is 6.15. The molecular formula is C16H28O4. The molecule has 20 heavy (non-hydrogen) atoms. The molecule has 4 heteroatoms. The number of unbranched alkanes of at least 4 members (excludes halogenated alkanes) is 3. The lowest BCUT2D eigenvalue weighted by molar-refractivity contribution is -0.154. The predicted molar refractivity (Wildman–Crippen MR) is 77.1 cm³/mol. The summed E-state index contributed by atoms with van der Waals surface area (Å²) in [5, 5.41) is 0. The monoisotopic (exact) mass is 284 g/mol. The zero-order chi connectivity index (χ0) is 15.1. The molecule has 0 unspecified atom stereocenters. The van der Waals surface area contributed by atoms with Gasteiger partial charge in [0, 0.05) is 6.42 Å². The van der Waals surface area contributed by atoms with Crippen LogP contribution in [0.1, 0.15) is 66.2 Å². The minimum atomic E-state index is -0.407. The average Bonchev–Trinajstić information content (AvgIpc) is 2.60. The Morgan fingerprint density at radius 1 is 1.30 bits per heavy atom. The van der Waals surface area contributed by atoms with Crippen LogP contribution in [0.5, 0.6) is 0 Å². The van der Waals surface area contributed by atoms with Crippen LogP contribution in [0.15, 0.2) is 0 Å². The van der Waals surface area contributed by atoms with E-state index in [0.717, 1.165) is 25.7 Å². The lowest BCUT2D eigenvalue weighted by Gasteiger charge is -2.19. The highest BCUT2D eigenvalue weighted by Gasteiger charge is 2.44. The maximum atomic E-state index is 11.8. The van der Waals surface area contributed by atoms with Crippen LogP contribution in [0.2, 0.25) is 0 Å². The van der Waals surface area contributed by atoms with Gasteiger partial charge in [0.1, 0.15) is 6.10 Å². The van der Waals surface area contributed by atoms with Gasteiger partial charge in [-0.2, -0.15) is 0 Å². The molecule has 0 aromatic rings. The maximum absolute atomic E-state index is 11.8. The molecule has 1 fully saturated rings. The summed E-state index contributed by atoms with van der Waals surface area (Å²) >= 11 is 0. The van der Waals surface area contributed by atoms with Gasteiger partial charge in [-0.05, 0) is 19.3 Å². The van der Waals surface area contributed by atoms with Gasteiger partial charge in [0.25, 0.3) is 0 Å². The SMILES string of the molecule is CCCCCC[C@H]1C(=O)O[C@@H](C)[C@@H]1OC(=O)CC(C)C. The minimum Gasteiger partial charge on any atom is -0.458 e. The van der Waals surface area contributed by atoms with Crippen LogP contribution in [0, 0.1) is 11.8 Å². The molecule has 3 atom stereocenters. The molecule has 0 saturated carbocycles. The van der Waals surface area contributed by atoms with Gasteiger partial charge in [-0.25, -0.2) is 0 Å². The first-order chi connectivity index (χ1) is 9.45. The molecule has 1 rings (SSSR count). The van der Waals surface area contributed by atoms with E-state index in [0.29, 0.717) is 6.42 Å². The quantitative estimate of drug-likeness (QED) is 0.506. The molecule has 0 radical (unpaired) electrons. The molecule has 0 amide bonds. The van der Waals surface area contributed by atoms with Crippen LogP contribution < -0.4 is 0 Å². The lowest BCUT2D eigenvalue weighted by Crippen LogP contribution is -2.31. The summed E-state index contributed by atoms with van der Waals surface area (Å²) in [4.78, 5) is 23.6. The summed E-state index contributed by atoms with van der Waals surface area (Å²) in [7, 11) is 0. The summed E-state index contributed by atoms with van der Waals surface area (Å²) < 4.78 is 10.7. The Kier molecular flexibility index (Phi) is 7.03. The Morgan fingerprint density at radius 2 is 2.00 bits per heavy atom. The van der Waals surface area contributed by atoms with E-state index in [4.69, 9.17) is 9.47 Å². The maximum Gasteiger partial charge on any atom is 0.313 e. The van der Waals surface area contributed by atoms with E-state index >= 15 is 0 Å². The summed E-state index contributed by atoms with van der Waals surface area (Å²) in [6, 6.07) is 0. The third kappa shape index (κ3) is 5.14. The fourth-order valence-electron chi connectivity index (χ4n) is 2.58. The number of carbonyl (C=O) groups excluding carboxylic acids is 2. The number of ether oxygens (including phenoxy) is 2. The van der Waals surface area contributed by atoms with Gasteiger partial charge in [0.2, 0.25) is 0 Å². The van der Waals surface area contributed by atoms with Gasteiger partial charge >= 0.3 is 11.9 Å². The van der Waals surface area contributed by atoms with Crippen LogP contribution >= 0.6 is 0 Å². The first-order valence-corrected chi connectivity index (χ1v) is 7.85. The minimum absolute atomic E-state index is 0.212. The Bertz CT molecular complexity index is 324. The standard InChI is InChI=1S/C16H28O4/c1-5-6-7-8-9-13-15(12(4)19-16(13)18)20-14(17)10-11(2)3/h11-13,15H,5-10H2,1-4H3/t12-,13+,15-/m0/s1. The van der Waals surface area contributed by atoms with Crippen molar-refractivity contribution in [2.24, 2.45) is 11.8 Å². The number of hydrogen-bond donors (Lipinski definition) is 0. The van der Waals surface area contributed by atoms with Gasteiger partial charge in [0.15, 0.2) is 6.10 Å². The third-order valence-corrected chi connectivity index (χ3v) is 3.68. The van der Waals surface area contributed by atoms with Crippen LogP contribution in [-0.4, -0.2) is 24.1 Å². The summed E-state index contributed by atoms with van der Waals surface area (Å²) in [6.07, 6.45) is 4.85. The van der Waals surface area contributed by atoms with E-state index in [1.165, 1.54) is 6.42 Å². The van der Waals surface area contributed by atoms with Crippen molar-refractivity contribution in [2.75, 3.05) is 0 Å². The van der Waals surface area contributed by atoms with Crippen molar-refractivity contribution in [1.29, 1.82) is 0 Å². The van der Waals surface area contributed by atoms with E-state index in [1.54, 1.807) is 6.92 Å². The van der Waals surface area contributed by atoms with Crippen molar-refractivity contribution in [3.8, 4) is 0 Å². The summed E-state index contributed by atoms with van der Waals surface area (Å²) in [5.74, 6) is -0.457. The van der Waals surface area contributed by atoms with Crippen molar-refractivity contribution >= 4 is 11.9 Å². The van der Waals surface area contributed by atoms with Crippen molar-refractivity contribution < 1.29 is 19.1 Å². The molecule has 4 nitrogen and oxygen atoms in total. The Labute approximate surface area is 122 Å². The van der Waals surface area contributed by atoms with E-state index < -0.39 is 6.10 Å². The zero-order valence-corrected chi connectivity index (χ0v) is 13.2. The highest BCUT2D eigenvalue weighted by molar-refractivity contribution is 5.77. The molecule has 0 aliphatic carbocycles. The largest absolute Gasteiger partial charge is 0.458 e. The number of hydrogen-bond acceptors (Lipinski definition) is 4. The summed E-state index contributed by atoms with van der Waals surface area (Å²) in [6.45, 7) is 7.91.